The van der Waals surface area contributed by atoms with Crippen molar-refractivity contribution in [2.24, 2.45) is 0 Å². The van der Waals surface area contributed by atoms with E-state index in [2.05, 4.69) is 20.5 Å². The second kappa shape index (κ2) is 6.83. The van der Waals surface area contributed by atoms with E-state index in [1.165, 1.54) is 0 Å². The highest BCUT2D eigenvalue weighted by Gasteiger charge is 2.10. The molecule has 0 bridgehead atoms. The predicted octanol–water partition coefficient (Wildman–Crippen LogP) is 1.22. The van der Waals surface area contributed by atoms with Crippen molar-refractivity contribution in [3.05, 3.63) is 70.4 Å². The Balaban J connectivity index is 1.64. The summed E-state index contributed by atoms with van der Waals surface area (Å²) in [5.74, 6) is -0.122. The molecule has 0 spiro atoms. The number of rotatable bonds is 5. The Hall–Kier alpha value is -3.02. The van der Waals surface area contributed by atoms with Gasteiger partial charge in [-0.25, -0.2) is 5.10 Å². The first kappa shape index (κ1) is 14.9. The SMILES string of the molecule is O=C(Cc1n[nH]c(=O)c2ccccc12)NCCc1ccncc1. The van der Waals surface area contributed by atoms with E-state index in [0.29, 0.717) is 23.0 Å². The Morgan fingerprint density at radius 3 is 2.61 bits per heavy atom. The molecule has 1 aromatic carbocycles. The van der Waals surface area contributed by atoms with E-state index in [1.54, 1.807) is 30.6 Å². The van der Waals surface area contributed by atoms with Crippen LogP contribution in [0.1, 0.15) is 11.3 Å². The van der Waals surface area contributed by atoms with Crippen LogP contribution in [-0.4, -0.2) is 27.6 Å². The van der Waals surface area contributed by atoms with Gasteiger partial charge in [-0.1, -0.05) is 18.2 Å². The van der Waals surface area contributed by atoms with Crippen molar-refractivity contribution in [2.75, 3.05) is 6.54 Å². The maximum absolute atomic E-state index is 12.1. The van der Waals surface area contributed by atoms with E-state index in [1.807, 2.05) is 18.2 Å². The van der Waals surface area contributed by atoms with Gasteiger partial charge in [0.05, 0.1) is 17.5 Å². The largest absolute Gasteiger partial charge is 0.355 e. The first-order valence-corrected chi connectivity index (χ1v) is 7.36. The summed E-state index contributed by atoms with van der Waals surface area (Å²) in [5.41, 5.74) is 1.44. The van der Waals surface area contributed by atoms with Crippen molar-refractivity contribution in [3.63, 3.8) is 0 Å². The molecule has 6 nitrogen and oxygen atoms in total. The molecular weight excluding hydrogens is 292 g/mol. The highest BCUT2D eigenvalue weighted by atomic mass is 16.1. The summed E-state index contributed by atoms with van der Waals surface area (Å²) in [7, 11) is 0. The number of H-pyrrole nitrogens is 1. The minimum Gasteiger partial charge on any atom is -0.355 e. The lowest BCUT2D eigenvalue weighted by molar-refractivity contribution is -0.120. The molecule has 0 unspecified atom stereocenters. The molecule has 116 valence electrons. The van der Waals surface area contributed by atoms with Gasteiger partial charge in [-0.3, -0.25) is 14.6 Å². The third-order valence-electron chi connectivity index (χ3n) is 3.59. The highest BCUT2D eigenvalue weighted by Crippen LogP contribution is 2.12. The van der Waals surface area contributed by atoms with Gasteiger partial charge in [0.2, 0.25) is 5.91 Å². The molecule has 0 aliphatic carbocycles. The van der Waals surface area contributed by atoms with Gasteiger partial charge < -0.3 is 5.32 Å². The van der Waals surface area contributed by atoms with E-state index < -0.39 is 0 Å². The molecule has 3 rings (SSSR count). The number of aromatic amines is 1. The summed E-state index contributed by atoms with van der Waals surface area (Å²) < 4.78 is 0. The first-order valence-electron chi connectivity index (χ1n) is 7.36. The van der Waals surface area contributed by atoms with Crippen LogP contribution in [0.3, 0.4) is 0 Å². The van der Waals surface area contributed by atoms with Crippen LogP contribution in [0.15, 0.2) is 53.6 Å². The number of nitrogens with one attached hydrogen (secondary N) is 2. The average molecular weight is 308 g/mol. The number of carbonyl (C=O) groups excluding carboxylic acids is 1. The van der Waals surface area contributed by atoms with E-state index >= 15 is 0 Å². The van der Waals surface area contributed by atoms with Gasteiger partial charge in [0.15, 0.2) is 0 Å². The number of aromatic nitrogens is 3. The molecule has 3 aromatic rings. The Bertz CT molecular complexity index is 874. The van der Waals surface area contributed by atoms with Gasteiger partial charge in [-0.05, 0) is 30.2 Å². The van der Waals surface area contributed by atoms with E-state index in [-0.39, 0.29) is 17.9 Å². The van der Waals surface area contributed by atoms with Crippen LogP contribution in [-0.2, 0) is 17.6 Å². The van der Waals surface area contributed by atoms with Crippen molar-refractivity contribution in [2.45, 2.75) is 12.8 Å². The molecule has 0 aliphatic rings. The number of pyridine rings is 1. The van der Waals surface area contributed by atoms with Crippen molar-refractivity contribution < 1.29 is 4.79 Å². The van der Waals surface area contributed by atoms with Gasteiger partial charge >= 0.3 is 0 Å². The highest BCUT2D eigenvalue weighted by molar-refractivity contribution is 5.88. The molecule has 0 atom stereocenters. The second-order valence-electron chi connectivity index (χ2n) is 5.18. The predicted molar refractivity (Wildman–Crippen MR) is 87.0 cm³/mol. The number of hydrogen-bond acceptors (Lipinski definition) is 4. The Morgan fingerprint density at radius 2 is 1.83 bits per heavy atom. The van der Waals surface area contributed by atoms with Crippen LogP contribution < -0.4 is 10.9 Å². The van der Waals surface area contributed by atoms with E-state index in [4.69, 9.17) is 0 Å². The summed E-state index contributed by atoms with van der Waals surface area (Å²) in [6.07, 6.45) is 4.34. The normalized spacial score (nSPS) is 10.6. The molecule has 1 amide bonds. The fraction of sp³-hybridized carbons (Fsp3) is 0.176. The summed E-state index contributed by atoms with van der Waals surface area (Å²) >= 11 is 0. The molecule has 0 saturated carbocycles. The number of nitrogens with zero attached hydrogens (tertiary/aromatic N) is 2. The van der Waals surface area contributed by atoms with Crippen LogP contribution in [0.5, 0.6) is 0 Å². The van der Waals surface area contributed by atoms with Crippen LogP contribution >= 0.6 is 0 Å². The van der Waals surface area contributed by atoms with Gasteiger partial charge in [-0.15, -0.1) is 0 Å². The fourth-order valence-electron chi connectivity index (χ4n) is 2.42. The van der Waals surface area contributed by atoms with Crippen LogP contribution in [0.4, 0.5) is 0 Å². The van der Waals surface area contributed by atoms with Crippen molar-refractivity contribution >= 4 is 16.7 Å². The fourth-order valence-corrected chi connectivity index (χ4v) is 2.42. The number of hydrogen-bond donors (Lipinski definition) is 2. The zero-order chi connectivity index (χ0) is 16.1. The summed E-state index contributed by atoms with van der Waals surface area (Å²) in [4.78, 5) is 27.8. The van der Waals surface area contributed by atoms with Crippen LogP contribution in [0.2, 0.25) is 0 Å². The third-order valence-corrected chi connectivity index (χ3v) is 3.59. The van der Waals surface area contributed by atoms with E-state index in [0.717, 1.165) is 12.0 Å². The molecule has 23 heavy (non-hydrogen) atoms. The second-order valence-corrected chi connectivity index (χ2v) is 5.18. The van der Waals surface area contributed by atoms with Gasteiger partial charge in [-0.2, -0.15) is 5.10 Å². The Labute approximate surface area is 132 Å². The molecule has 0 saturated heterocycles. The topological polar surface area (TPSA) is 87.7 Å². The number of amides is 1. The molecule has 2 heterocycles. The monoisotopic (exact) mass is 308 g/mol. The summed E-state index contributed by atoms with van der Waals surface area (Å²) in [6, 6.07) is 11.0. The molecular formula is C17H16N4O2. The van der Waals surface area contributed by atoms with Crippen LogP contribution in [0, 0.1) is 0 Å². The van der Waals surface area contributed by atoms with Gasteiger partial charge in [0, 0.05) is 24.3 Å². The van der Waals surface area contributed by atoms with Gasteiger partial charge in [0.25, 0.3) is 5.56 Å². The lowest BCUT2D eigenvalue weighted by atomic mass is 10.1. The van der Waals surface area contributed by atoms with Crippen molar-refractivity contribution in [3.8, 4) is 0 Å². The number of fused-ring (bicyclic) bond motifs is 1. The number of carbonyl (C=O) groups is 1. The minimum absolute atomic E-state index is 0.122. The molecule has 0 radical (unpaired) electrons. The maximum atomic E-state index is 12.1. The zero-order valence-corrected chi connectivity index (χ0v) is 12.5. The smallest absolute Gasteiger partial charge is 0.272 e. The quantitative estimate of drug-likeness (QED) is 0.742. The van der Waals surface area contributed by atoms with Crippen molar-refractivity contribution in [1.82, 2.24) is 20.5 Å². The maximum Gasteiger partial charge on any atom is 0.272 e. The van der Waals surface area contributed by atoms with Gasteiger partial charge in [0.1, 0.15) is 0 Å². The average Bonchev–Trinajstić information content (AvgIpc) is 2.59. The lowest BCUT2D eigenvalue weighted by Gasteiger charge is -2.07. The molecule has 6 heteroatoms. The first-order chi connectivity index (χ1) is 11.2. The standard InChI is InChI=1S/C17H16N4O2/c22-16(19-10-7-12-5-8-18-9-6-12)11-15-13-3-1-2-4-14(13)17(23)21-20-15/h1-6,8-9H,7,10-11H2,(H,19,22)(H,21,23). The summed E-state index contributed by atoms with van der Waals surface area (Å²) in [5, 5.41) is 10.6. The lowest BCUT2D eigenvalue weighted by Crippen LogP contribution is -2.28. The molecule has 2 aromatic heterocycles. The summed E-state index contributed by atoms with van der Waals surface area (Å²) in [6.45, 7) is 0.546. The minimum atomic E-state index is -0.248. The van der Waals surface area contributed by atoms with E-state index in [9.17, 15) is 9.59 Å². The zero-order valence-electron chi connectivity index (χ0n) is 12.5. The van der Waals surface area contributed by atoms with Crippen LogP contribution in [0.25, 0.3) is 10.8 Å². The Morgan fingerprint density at radius 1 is 1.09 bits per heavy atom. The molecule has 2 N–H and O–H groups in total. The third kappa shape index (κ3) is 3.60. The number of benzene rings is 1. The molecule has 0 fully saturated rings. The van der Waals surface area contributed by atoms with Crippen molar-refractivity contribution in [1.29, 1.82) is 0 Å². The molecule has 0 aliphatic heterocycles. The Kier molecular flexibility index (Phi) is 4.42.